The van der Waals surface area contributed by atoms with Gasteiger partial charge in [0, 0.05) is 11.6 Å². The van der Waals surface area contributed by atoms with Crippen LogP contribution >= 0.6 is 15.9 Å². The molecule has 1 fully saturated rings. The molecular weight excluding hydrogens is 334 g/mol. The number of aliphatic hydroxyl groups excluding tert-OH is 1. The molecule has 116 valence electrons. The molecule has 2 rings (SSSR count). The summed E-state index contributed by atoms with van der Waals surface area (Å²) in [6.07, 6.45) is 7.01. The number of para-hydroxylation sites is 1. The van der Waals surface area contributed by atoms with Gasteiger partial charge in [0.1, 0.15) is 5.75 Å². The lowest BCUT2D eigenvalue weighted by atomic mass is 10.1. The Morgan fingerprint density at radius 2 is 2.00 bits per heavy atom. The van der Waals surface area contributed by atoms with Gasteiger partial charge >= 0.3 is 0 Å². The molecule has 4 nitrogen and oxygen atoms in total. The molecule has 1 aromatic rings. The highest BCUT2D eigenvalue weighted by Crippen LogP contribution is 2.29. The van der Waals surface area contributed by atoms with Crippen molar-refractivity contribution < 1.29 is 14.6 Å². The van der Waals surface area contributed by atoms with Crippen molar-refractivity contribution in [2.45, 2.75) is 51.2 Å². The molecule has 1 aromatic carbocycles. The number of nitrogens with one attached hydrogen (secondary N) is 1. The van der Waals surface area contributed by atoms with E-state index in [0.29, 0.717) is 11.3 Å². The highest BCUT2D eigenvalue weighted by Gasteiger charge is 2.16. The number of aliphatic hydroxyl groups is 1. The average molecular weight is 356 g/mol. The van der Waals surface area contributed by atoms with Crippen LogP contribution in [0.15, 0.2) is 22.7 Å². The SMILES string of the molecule is O=C(COc1c(Br)cccc1CO)NC1CCCCCC1. The Balaban J connectivity index is 1.86. The predicted octanol–water partition coefficient (Wildman–Crippen LogP) is 3.16. The van der Waals surface area contributed by atoms with E-state index in [0.717, 1.165) is 17.3 Å². The first-order valence-corrected chi connectivity index (χ1v) is 8.30. The number of carbonyl (C=O) groups excluding carboxylic acids is 1. The topological polar surface area (TPSA) is 58.6 Å². The predicted molar refractivity (Wildman–Crippen MR) is 85.2 cm³/mol. The number of benzene rings is 1. The quantitative estimate of drug-likeness (QED) is 0.797. The lowest BCUT2D eigenvalue weighted by Gasteiger charge is -2.17. The summed E-state index contributed by atoms with van der Waals surface area (Å²) in [5.41, 5.74) is 0.673. The zero-order valence-corrected chi connectivity index (χ0v) is 13.7. The minimum Gasteiger partial charge on any atom is -0.482 e. The maximum absolute atomic E-state index is 12.0. The molecule has 1 aliphatic rings. The van der Waals surface area contributed by atoms with Crippen molar-refractivity contribution in [3.63, 3.8) is 0 Å². The Morgan fingerprint density at radius 3 is 2.67 bits per heavy atom. The summed E-state index contributed by atoms with van der Waals surface area (Å²) in [7, 11) is 0. The molecule has 0 saturated heterocycles. The van der Waals surface area contributed by atoms with E-state index in [1.807, 2.05) is 12.1 Å². The van der Waals surface area contributed by atoms with Crippen molar-refractivity contribution >= 4 is 21.8 Å². The van der Waals surface area contributed by atoms with E-state index in [2.05, 4.69) is 21.2 Å². The minimum absolute atomic E-state index is 0.0217. The summed E-state index contributed by atoms with van der Waals surface area (Å²) < 4.78 is 6.32. The van der Waals surface area contributed by atoms with Crippen molar-refractivity contribution in [1.82, 2.24) is 5.32 Å². The van der Waals surface area contributed by atoms with E-state index in [9.17, 15) is 9.90 Å². The number of rotatable bonds is 5. The van der Waals surface area contributed by atoms with Crippen molar-refractivity contribution in [2.24, 2.45) is 0 Å². The first kappa shape index (κ1) is 16.3. The molecule has 0 spiro atoms. The zero-order valence-electron chi connectivity index (χ0n) is 12.1. The van der Waals surface area contributed by atoms with E-state index in [1.54, 1.807) is 6.07 Å². The molecule has 5 heteroatoms. The maximum Gasteiger partial charge on any atom is 0.258 e. The second-order valence-electron chi connectivity index (χ2n) is 5.43. The summed E-state index contributed by atoms with van der Waals surface area (Å²) >= 11 is 3.38. The minimum atomic E-state index is -0.112. The van der Waals surface area contributed by atoms with Crippen molar-refractivity contribution in [2.75, 3.05) is 6.61 Å². The van der Waals surface area contributed by atoms with Crippen LogP contribution in [0.25, 0.3) is 0 Å². The molecular formula is C16H22BrNO3. The van der Waals surface area contributed by atoms with Gasteiger partial charge in [-0.05, 0) is 34.8 Å². The smallest absolute Gasteiger partial charge is 0.258 e. The van der Waals surface area contributed by atoms with Crippen LogP contribution in [0.3, 0.4) is 0 Å². The molecule has 0 atom stereocenters. The van der Waals surface area contributed by atoms with Gasteiger partial charge in [-0.3, -0.25) is 4.79 Å². The van der Waals surface area contributed by atoms with Crippen LogP contribution in [0.1, 0.15) is 44.1 Å². The first-order valence-electron chi connectivity index (χ1n) is 7.51. The molecule has 1 amide bonds. The van der Waals surface area contributed by atoms with E-state index in [-0.39, 0.29) is 25.2 Å². The molecule has 0 radical (unpaired) electrons. The molecule has 0 unspecified atom stereocenters. The van der Waals surface area contributed by atoms with Crippen molar-refractivity contribution in [3.8, 4) is 5.75 Å². The third-order valence-corrected chi connectivity index (χ3v) is 4.41. The van der Waals surface area contributed by atoms with Gasteiger partial charge in [0.15, 0.2) is 6.61 Å². The van der Waals surface area contributed by atoms with Crippen LogP contribution in [0.2, 0.25) is 0 Å². The number of hydrogen-bond acceptors (Lipinski definition) is 3. The van der Waals surface area contributed by atoms with Crippen LogP contribution in [-0.2, 0) is 11.4 Å². The van der Waals surface area contributed by atoms with Crippen molar-refractivity contribution in [3.05, 3.63) is 28.2 Å². The third kappa shape index (κ3) is 5.00. The Morgan fingerprint density at radius 1 is 1.29 bits per heavy atom. The number of amides is 1. The summed E-state index contributed by atoms with van der Waals surface area (Å²) in [4.78, 5) is 12.0. The van der Waals surface area contributed by atoms with Crippen LogP contribution in [0.5, 0.6) is 5.75 Å². The molecule has 2 N–H and O–H groups in total. The molecule has 0 aromatic heterocycles. The molecule has 0 aliphatic heterocycles. The average Bonchev–Trinajstić information content (AvgIpc) is 2.74. The molecule has 1 saturated carbocycles. The summed E-state index contributed by atoms with van der Waals surface area (Å²) in [6, 6.07) is 5.72. The van der Waals surface area contributed by atoms with Gasteiger partial charge in [-0.15, -0.1) is 0 Å². The number of ether oxygens (including phenoxy) is 1. The second kappa shape index (κ2) is 8.39. The number of halogens is 1. The fraction of sp³-hybridized carbons (Fsp3) is 0.562. The molecule has 1 aliphatic carbocycles. The Labute approximate surface area is 134 Å². The lowest BCUT2D eigenvalue weighted by Crippen LogP contribution is -2.37. The van der Waals surface area contributed by atoms with Crippen LogP contribution in [-0.4, -0.2) is 23.7 Å². The van der Waals surface area contributed by atoms with Crippen LogP contribution in [0.4, 0.5) is 0 Å². The first-order chi connectivity index (χ1) is 10.2. The summed E-state index contributed by atoms with van der Waals surface area (Å²) in [5, 5.41) is 12.3. The van der Waals surface area contributed by atoms with Gasteiger partial charge in [-0.25, -0.2) is 0 Å². The largest absolute Gasteiger partial charge is 0.482 e. The van der Waals surface area contributed by atoms with Crippen LogP contribution in [0, 0.1) is 0 Å². The van der Waals surface area contributed by atoms with Gasteiger partial charge in [-0.1, -0.05) is 37.8 Å². The van der Waals surface area contributed by atoms with Gasteiger partial charge in [0.25, 0.3) is 5.91 Å². The van der Waals surface area contributed by atoms with E-state index >= 15 is 0 Å². The van der Waals surface area contributed by atoms with Crippen LogP contribution < -0.4 is 10.1 Å². The molecule has 0 heterocycles. The van der Waals surface area contributed by atoms with E-state index < -0.39 is 0 Å². The molecule has 0 bridgehead atoms. The third-order valence-electron chi connectivity index (χ3n) is 3.79. The standard InChI is InChI=1S/C16H22BrNO3/c17-14-9-5-6-12(10-19)16(14)21-11-15(20)18-13-7-3-1-2-4-8-13/h5-6,9,13,19H,1-4,7-8,10-11H2,(H,18,20). The van der Waals surface area contributed by atoms with E-state index in [4.69, 9.17) is 4.74 Å². The Bertz CT molecular complexity index is 471. The molecule has 21 heavy (non-hydrogen) atoms. The number of hydrogen-bond donors (Lipinski definition) is 2. The summed E-state index contributed by atoms with van der Waals surface area (Å²) in [6.45, 7) is -0.134. The second-order valence-corrected chi connectivity index (χ2v) is 6.29. The van der Waals surface area contributed by atoms with E-state index in [1.165, 1.54) is 25.7 Å². The lowest BCUT2D eigenvalue weighted by molar-refractivity contribution is -0.123. The normalized spacial score (nSPS) is 16.3. The number of carbonyl (C=O) groups is 1. The fourth-order valence-electron chi connectivity index (χ4n) is 2.67. The maximum atomic E-state index is 12.0. The highest BCUT2D eigenvalue weighted by atomic mass is 79.9. The van der Waals surface area contributed by atoms with Gasteiger partial charge in [0.05, 0.1) is 11.1 Å². The van der Waals surface area contributed by atoms with Crippen molar-refractivity contribution in [1.29, 1.82) is 0 Å². The Hall–Kier alpha value is -1.07. The van der Waals surface area contributed by atoms with Gasteiger partial charge in [-0.2, -0.15) is 0 Å². The highest BCUT2D eigenvalue weighted by molar-refractivity contribution is 9.10. The monoisotopic (exact) mass is 355 g/mol. The van der Waals surface area contributed by atoms with Gasteiger partial charge in [0.2, 0.25) is 0 Å². The Kier molecular flexibility index (Phi) is 6.51. The van der Waals surface area contributed by atoms with Gasteiger partial charge < -0.3 is 15.2 Å². The fourth-order valence-corrected chi connectivity index (χ4v) is 3.19. The summed E-state index contributed by atoms with van der Waals surface area (Å²) in [5.74, 6) is 0.442. The zero-order chi connectivity index (χ0) is 15.1.